The lowest BCUT2D eigenvalue weighted by Gasteiger charge is -2.35. The third kappa shape index (κ3) is 5.47. The van der Waals surface area contributed by atoms with Gasteiger partial charge in [-0.05, 0) is 79.1 Å². The first-order chi connectivity index (χ1) is 16.9. The van der Waals surface area contributed by atoms with Gasteiger partial charge in [0.1, 0.15) is 6.04 Å². The Balaban J connectivity index is 1.45. The number of benzene rings is 2. The molecule has 0 unspecified atom stereocenters. The molecule has 1 fully saturated rings. The molecule has 8 nitrogen and oxygen atoms in total. The van der Waals surface area contributed by atoms with Gasteiger partial charge < -0.3 is 9.80 Å². The maximum atomic E-state index is 13.3. The van der Waals surface area contributed by atoms with Crippen LogP contribution in [-0.4, -0.2) is 49.8 Å². The van der Waals surface area contributed by atoms with Crippen LogP contribution in [0, 0.1) is 10.8 Å². The van der Waals surface area contributed by atoms with Crippen molar-refractivity contribution in [2.45, 2.75) is 36.4 Å². The van der Waals surface area contributed by atoms with Gasteiger partial charge in [0.15, 0.2) is 10.2 Å². The Bertz CT molecular complexity index is 1320. The van der Waals surface area contributed by atoms with E-state index in [1.54, 1.807) is 15.7 Å². The van der Waals surface area contributed by atoms with E-state index in [0.29, 0.717) is 23.7 Å². The number of rotatable bonds is 4. The van der Waals surface area contributed by atoms with Gasteiger partial charge in [-0.25, -0.2) is 8.42 Å². The summed E-state index contributed by atoms with van der Waals surface area (Å²) in [6.07, 6.45) is -2.61. The number of thioether (sulfide) groups is 1. The fourth-order valence-electron chi connectivity index (χ4n) is 4.30. The molecule has 2 aromatic rings. The van der Waals surface area contributed by atoms with Gasteiger partial charge in [-0.1, -0.05) is 11.6 Å². The van der Waals surface area contributed by atoms with Crippen molar-refractivity contribution in [2.24, 2.45) is 0 Å². The van der Waals surface area contributed by atoms with Crippen LogP contribution in [0.2, 0.25) is 5.02 Å². The molecule has 0 spiro atoms. The van der Waals surface area contributed by atoms with Crippen molar-refractivity contribution in [1.82, 2.24) is 4.72 Å². The molecule has 192 valence electrons. The van der Waals surface area contributed by atoms with Gasteiger partial charge in [0.05, 0.1) is 4.90 Å². The summed E-state index contributed by atoms with van der Waals surface area (Å²) in [5, 5.41) is 12.1. The van der Waals surface area contributed by atoms with Crippen molar-refractivity contribution in [1.29, 1.82) is 10.8 Å². The molecule has 0 saturated carbocycles. The number of nitrogens with one attached hydrogen (secondary N) is 3. The fourth-order valence-corrected chi connectivity index (χ4v) is 6.16. The fraction of sp³-hybridized carbons (Fsp3) is 0.318. The van der Waals surface area contributed by atoms with Crippen LogP contribution in [0.15, 0.2) is 47.4 Å². The molecular weight excluding hydrogens is 539 g/mol. The van der Waals surface area contributed by atoms with E-state index >= 15 is 0 Å². The van der Waals surface area contributed by atoms with E-state index in [9.17, 15) is 26.4 Å². The van der Waals surface area contributed by atoms with E-state index < -0.39 is 26.4 Å². The largest absolute Gasteiger partial charge is 0.439 e. The molecule has 0 aliphatic carbocycles. The Morgan fingerprint density at radius 2 is 1.81 bits per heavy atom. The van der Waals surface area contributed by atoms with E-state index in [1.165, 1.54) is 24.3 Å². The predicted octanol–water partition coefficient (Wildman–Crippen LogP) is 4.38. The van der Waals surface area contributed by atoms with Crippen LogP contribution in [0.25, 0.3) is 0 Å². The molecule has 4 rings (SSSR count). The number of hydrogen-bond acceptors (Lipinski definition) is 7. The molecule has 14 heteroatoms. The molecule has 3 N–H and O–H groups in total. The number of aryl methyl sites for hydroxylation is 1. The van der Waals surface area contributed by atoms with Crippen molar-refractivity contribution in [2.75, 3.05) is 22.9 Å². The van der Waals surface area contributed by atoms with Crippen LogP contribution >= 0.6 is 23.4 Å². The minimum absolute atomic E-state index is 0.115. The van der Waals surface area contributed by atoms with E-state index in [0.717, 1.165) is 30.6 Å². The van der Waals surface area contributed by atoms with Crippen LogP contribution < -0.4 is 14.5 Å². The van der Waals surface area contributed by atoms with Gasteiger partial charge in [0.25, 0.3) is 10.0 Å². The van der Waals surface area contributed by atoms with Crippen molar-refractivity contribution in [3.63, 3.8) is 0 Å². The topological polar surface area (TPSA) is 117 Å². The monoisotopic (exact) mass is 559 g/mol. The Morgan fingerprint density at radius 1 is 1.11 bits per heavy atom. The molecule has 0 bridgehead atoms. The average molecular weight is 560 g/mol. The van der Waals surface area contributed by atoms with Gasteiger partial charge in [0, 0.05) is 29.5 Å². The first-order valence-electron chi connectivity index (χ1n) is 10.8. The highest BCUT2D eigenvalue weighted by Crippen LogP contribution is 2.35. The number of anilines is 2. The number of sulfonamides is 1. The Morgan fingerprint density at radius 3 is 2.47 bits per heavy atom. The van der Waals surface area contributed by atoms with Crippen molar-refractivity contribution in [3.8, 4) is 0 Å². The third-order valence-corrected chi connectivity index (χ3v) is 8.37. The maximum absolute atomic E-state index is 13.3. The summed E-state index contributed by atoms with van der Waals surface area (Å²) >= 11 is 5.77. The molecule has 0 aromatic heterocycles. The number of fused-ring (bicyclic) bond motifs is 1. The summed E-state index contributed by atoms with van der Waals surface area (Å²) in [5.41, 5.74) is 2.56. The second-order valence-electron chi connectivity index (χ2n) is 8.22. The molecule has 2 aliphatic heterocycles. The SMILES string of the molecule is N=C(NS(=O)(=O)c1ccc(N2CC[C@H](N3CCCc4cc(Cl)ccc43)C2=O)cc1)SC(=N)C(F)(F)F. The van der Waals surface area contributed by atoms with Crippen LogP contribution in [0.4, 0.5) is 24.5 Å². The summed E-state index contributed by atoms with van der Waals surface area (Å²) in [6.45, 7) is 1.17. The highest BCUT2D eigenvalue weighted by molar-refractivity contribution is 8.27. The lowest BCUT2D eigenvalue weighted by Crippen LogP contribution is -2.44. The lowest BCUT2D eigenvalue weighted by atomic mass is 9.99. The van der Waals surface area contributed by atoms with Crippen LogP contribution in [-0.2, 0) is 21.2 Å². The summed E-state index contributed by atoms with van der Waals surface area (Å²) in [4.78, 5) is 16.6. The number of hydrogen-bond donors (Lipinski definition) is 3. The summed E-state index contributed by atoms with van der Waals surface area (Å²) in [7, 11) is -4.35. The van der Waals surface area contributed by atoms with Crippen molar-refractivity contribution >= 4 is 60.9 Å². The van der Waals surface area contributed by atoms with Gasteiger partial charge in [-0.15, -0.1) is 0 Å². The third-order valence-electron chi connectivity index (χ3n) is 5.90. The number of amidine groups is 1. The van der Waals surface area contributed by atoms with Crippen LogP contribution in [0.3, 0.4) is 0 Å². The number of amides is 1. The van der Waals surface area contributed by atoms with Crippen LogP contribution in [0.5, 0.6) is 0 Å². The molecule has 1 saturated heterocycles. The van der Waals surface area contributed by atoms with Crippen molar-refractivity contribution < 1.29 is 26.4 Å². The molecular formula is C22H21ClF3N5O3S2. The summed E-state index contributed by atoms with van der Waals surface area (Å²) in [6, 6.07) is 10.6. The lowest BCUT2D eigenvalue weighted by molar-refractivity contribution is -0.118. The van der Waals surface area contributed by atoms with Crippen LogP contribution in [0.1, 0.15) is 18.4 Å². The molecule has 0 radical (unpaired) electrons. The first kappa shape index (κ1) is 26.3. The first-order valence-corrected chi connectivity index (χ1v) is 13.5. The highest BCUT2D eigenvalue weighted by atomic mass is 35.5. The second kappa shape index (κ2) is 9.94. The van der Waals surface area contributed by atoms with E-state index in [-0.39, 0.29) is 28.6 Å². The minimum atomic E-state index is -4.98. The molecule has 2 aliphatic rings. The molecule has 1 amide bonds. The van der Waals surface area contributed by atoms with E-state index in [2.05, 4.69) is 4.90 Å². The Hall–Kier alpha value is -2.77. The number of carbonyl (C=O) groups excluding carboxylic acids is 1. The number of halogens is 4. The maximum Gasteiger partial charge on any atom is 0.439 e. The molecule has 2 aromatic carbocycles. The second-order valence-corrected chi connectivity index (χ2v) is 11.4. The van der Waals surface area contributed by atoms with Gasteiger partial charge in [-0.3, -0.25) is 20.3 Å². The molecule has 2 heterocycles. The van der Waals surface area contributed by atoms with Crippen molar-refractivity contribution in [3.05, 3.63) is 53.1 Å². The summed E-state index contributed by atoms with van der Waals surface area (Å²) < 4.78 is 64.0. The zero-order chi connectivity index (χ0) is 26.3. The van der Waals surface area contributed by atoms with Gasteiger partial charge in [-0.2, -0.15) is 13.2 Å². The highest BCUT2D eigenvalue weighted by Gasteiger charge is 2.39. The summed E-state index contributed by atoms with van der Waals surface area (Å²) in [5.74, 6) is -0.115. The standard InChI is InChI=1S/C22H21ClF3N5O3S2/c23-14-3-8-17-13(12-14)2-1-10-31(17)18-9-11-30(19(18)32)15-4-6-16(7-5-15)36(33,34)29-21(28)35-20(27)22(24,25)26/h3-8,12,18,27H,1-2,9-11H2,(H2,28,29)/t18-/m0/s1. The normalized spacial score (nSPS) is 18.2. The minimum Gasteiger partial charge on any atom is -0.359 e. The zero-order valence-electron chi connectivity index (χ0n) is 18.6. The van der Waals surface area contributed by atoms with E-state index in [4.69, 9.17) is 22.4 Å². The number of carbonyl (C=O) groups is 1. The van der Waals surface area contributed by atoms with E-state index in [1.807, 2.05) is 12.1 Å². The average Bonchev–Trinajstić information content (AvgIpc) is 3.18. The Labute approximate surface area is 214 Å². The number of nitrogens with zero attached hydrogens (tertiary/aromatic N) is 2. The molecule has 36 heavy (non-hydrogen) atoms. The van der Waals surface area contributed by atoms with Gasteiger partial charge >= 0.3 is 6.18 Å². The quantitative estimate of drug-likeness (QED) is 0.379. The Kier molecular flexibility index (Phi) is 7.26. The predicted molar refractivity (Wildman–Crippen MR) is 134 cm³/mol. The smallest absolute Gasteiger partial charge is 0.359 e. The molecule has 1 atom stereocenters. The number of alkyl halides is 3. The van der Waals surface area contributed by atoms with Gasteiger partial charge in [0.2, 0.25) is 5.91 Å². The zero-order valence-corrected chi connectivity index (χ0v) is 21.0.